The number of hydrogen-bond donors (Lipinski definition) is 2. The van der Waals surface area contributed by atoms with Gasteiger partial charge in [0.25, 0.3) is 5.91 Å². The summed E-state index contributed by atoms with van der Waals surface area (Å²) in [5.41, 5.74) is 6.92. The average Bonchev–Trinajstić information content (AvgIpc) is 3.09. The minimum atomic E-state index is -0.268. The van der Waals surface area contributed by atoms with Crippen molar-refractivity contribution in [2.24, 2.45) is 7.05 Å². The van der Waals surface area contributed by atoms with Gasteiger partial charge in [-0.1, -0.05) is 12.8 Å². The lowest BCUT2D eigenvalue weighted by molar-refractivity contribution is 0.102. The molecule has 1 amide bonds. The number of amides is 1. The fourth-order valence-electron chi connectivity index (χ4n) is 2.54. The quantitative estimate of drug-likeness (QED) is 0.909. The largest absolute Gasteiger partial charge is 0.389 e. The first-order chi connectivity index (χ1) is 9.63. The predicted octanol–water partition coefficient (Wildman–Crippen LogP) is 2.37. The Morgan fingerprint density at radius 3 is 2.90 bits per heavy atom. The Kier molecular flexibility index (Phi) is 3.43. The summed E-state index contributed by atoms with van der Waals surface area (Å²) in [5, 5.41) is 8.26. The maximum atomic E-state index is 12.2. The third-order valence-corrected chi connectivity index (χ3v) is 4.60. The second kappa shape index (κ2) is 5.24. The molecule has 2 aromatic rings. The Labute approximate surface area is 121 Å². The second-order valence-corrected chi connectivity index (χ2v) is 6.17. The molecule has 106 valence electrons. The zero-order chi connectivity index (χ0) is 14.1. The smallest absolute Gasteiger partial charge is 0.277 e. The van der Waals surface area contributed by atoms with Crippen LogP contribution in [0.2, 0.25) is 0 Å². The van der Waals surface area contributed by atoms with Gasteiger partial charge in [0.2, 0.25) is 0 Å². The summed E-state index contributed by atoms with van der Waals surface area (Å²) in [6, 6.07) is 0. The minimum Gasteiger partial charge on any atom is -0.389 e. The number of rotatable bonds is 3. The number of aryl methyl sites for hydroxylation is 1. The van der Waals surface area contributed by atoms with Crippen LogP contribution in [0.1, 0.15) is 47.1 Å². The number of nitrogens with one attached hydrogen (secondary N) is 1. The highest BCUT2D eigenvalue weighted by Crippen LogP contribution is 2.38. The Morgan fingerprint density at radius 2 is 2.25 bits per heavy atom. The van der Waals surface area contributed by atoms with Crippen molar-refractivity contribution in [1.82, 2.24) is 14.8 Å². The van der Waals surface area contributed by atoms with Gasteiger partial charge in [-0.15, -0.1) is 11.3 Å². The second-order valence-electron chi connectivity index (χ2n) is 5.10. The van der Waals surface area contributed by atoms with Gasteiger partial charge in [0.1, 0.15) is 5.00 Å². The van der Waals surface area contributed by atoms with Crippen LogP contribution in [0.4, 0.5) is 10.7 Å². The van der Waals surface area contributed by atoms with Gasteiger partial charge in [-0.2, -0.15) is 5.10 Å². The zero-order valence-corrected chi connectivity index (χ0v) is 12.1. The first-order valence-corrected chi connectivity index (χ1v) is 7.51. The van der Waals surface area contributed by atoms with E-state index < -0.39 is 0 Å². The zero-order valence-electron chi connectivity index (χ0n) is 11.3. The van der Waals surface area contributed by atoms with E-state index in [2.05, 4.69) is 15.4 Å². The molecule has 2 aromatic heterocycles. The molecule has 0 atom stereocenters. The van der Waals surface area contributed by atoms with Gasteiger partial charge >= 0.3 is 0 Å². The molecular weight excluding hydrogens is 274 g/mol. The van der Waals surface area contributed by atoms with E-state index in [-0.39, 0.29) is 5.91 Å². The van der Waals surface area contributed by atoms with Crippen LogP contribution in [-0.4, -0.2) is 20.7 Å². The molecule has 20 heavy (non-hydrogen) atoms. The Balaban J connectivity index is 1.77. The summed E-state index contributed by atoms with van der Waals surface area (Å²) in [6.07, 6.45) is 8.10. The number of carbonyl (C=O) groups excluding carboxylic acids is 1. The van der Waals surface area contributed by atoms with E-state index in [0.29, 0.717) is 22.3 Å². The van der Waals surface area contributed by atoms with Crippen LogP contribution in [0.5, 0.6) is 0 Å². The lowest BCUT2D eigenvalue weighted by Crippen LogP contribution is -2.13. The van der Waals surface area contributed by atoms with Crippen LogP contribution in [0, 0.1) is 0 Å². The molecule has 0 spiro atoms. The molecule has 3 N–H and O–H groups in total. The maximum Gasteiger partial charge on any atom is 0.277 e. The fraction of sp³-hybridized carbons (Fsp3) is 0.462. The van der Waals surface area contributed by atoms with E-state index in [1.54, 1.807) is 24.1 Å². The summed E-state index contributed by atoms with van der Waals surface area (Å²) in [6.45, 7) is 0. The molecule has 0 aromatic carbocycles. The molecule has 0 aliphatic heterocycles. The van der Waals surface area contributed by atoms with E-state index in [1.807, 2.05) is 0 Å². The summed E-state index contributed by atoms with van der Waals surface area (Å²) >= 11 is 1.44. The molecule has 0 radical (unpaired) electrons. The Bertz CT molecular complexity index is 626. The van der Waals surface area contributed by atoms with E-state index in [1.165, 1.54) is 24.2 Å². The normalized spacial score (nSPS) is 15.7. The van der Waals surface area contributed by atoms with Crippen molar-refractivity contribution < 1.29 is 4.79 Å². The van der Waals surface area contributed by atoms with Crippen LogP contribution in [0.15, 0.2) is 12.4 Å². The first kappa shape index (κ1) is 13.1. The fourth-order valence-corrected chi connectivity index (χ4v) is 3.53. The summed E-state index contributed by atoms with van der Waals surface area (Å²) < 4.78 is 1.63. The Morgan fingerprint density at radius 1 is 1.50 bits per heavy atom. The third kappa shape index (κ3) is 2.53. The van der Waals surface area contributed by atoms with Crippen LogP contribution in [0.3, 0.4) is 0 Å². The number of hydrogen-bond acceptors (Lipinski definition) is 5. The van der Waals surface area contributed by atoms with Crippen molar-refractivity contribution in [2.45, 2.75) is 31.6 Å². The van der Waals surface area contributed by atoms with Crippen molar-refractivity contribution in [3.8, 4) is 0 Å². The molecule has 0 unspecified atom stereocenters. The Hall–Kier alpha value is -1.89. The molecule has 3 rings (SSSR count). The number of anilines is 2. The lowest BCUT2D eigenvalue weighted by atomic mass is 10.1. The number of aromatic nitrogens is 3. The van der Waals surface area contributed by atoms with Crippen molar-refractivity contribution in [2.75, 3.05) is 11.1 Å². The van der Waals surface area contributed by atoms with Crippen molar-refractivity contribution in [3.63, 3.8) is 0 Å². The van der Waals surface area contributed by atoms with Gasteiger partial charge in [0.15, 0.2) is 5.69 Å². The van der Waals surface area contributed by atoms with E-state index in [0.717, 1.165) is 17.8 Å². The predicted molar refractivity (Wildman–Crippen MR) is 78.9 cm³/mol. The van der Waals surface area contributed by atoms with E-state index in [9.17, 15) is 4.79 Å². The van der Waals surface area contributed by atoms with Gasteiger partial charge in [0.05, 0.1) is 16.9 Å². The molecule has 1 aliphatic carbocycles. The summed E-state index contributed by atoms with van der Waals surface area (Å²) in [7, 11) is 1.80. The van der Waals surface area contributed by atoms with Crippen LogP contribution in [-0.2, 0) is 7.05 Å². The number of thiazole rings is 1. The highest BCUT2D eigenvalue weighted by Gasteiger charge is 2.24. The maximum absolute atomic E-state index is 12.2. The monoisotopic (exact) mass is 291 g/mol. The topological polar surface area (TPSA) is 85.8 Å². The van der Waals surface area contributed by atoms with Crippen LogP contribution < -0.4 is 11.1 Å². The molecule has 6 nitrogen and oxygen atoms in total. The van der Waals surface area contributed by atoms with Gasteiger partial charge in [-0.05, 0) is 12.8 Å². The van der Waals surface area contributed by atoms with E-state index >= 15 is 0 Å². The molecule has 1 fully saturated rings. The summed E-state index contributed by atoms with van der Waals surface area (Å²) in [5.74, 6) is 0.207. The number of nitrogens with two attached hydrogens (primary N) is 1. The van der Waals surface area contributed by atoms with Gasteiger partial charge < -0.3 is 11.1 Å². The van der Waals surface area contributed by atoms with Crippen molar-refractivity contribution in [3.05, 3.63) is 23.1 Å². The van der Waals surface area contributed by atoms with Gasteiger partial charge in [0, 0.05) is 19.2 Å². The van der Waals surface area contributed by atoms with Crippen LogP contribution >= 0.6 is 11.3 Å². The minimum absolute atomic E-state index is 0.268. The molecular formula is C13H17N5OS. The SMILES string of the molecule is Cn1cc(NC(=O)c2nc(C3CCCC3)sc2N)cn1. The van der Waals surface area contributed by atoms with Gasteiger partial charge in [-0.3, -0.25) is 9.48 Å². The standard InChI is InChI=1S/C13H17N5OS/c1-18-7-9(6-15-18)16-12(19)10-11(14)20-13(17-10)8-4-2-3-5-8/h6-8H,2-5,14H2,1H3,(H,16,19). The highest BCUT2D eigenvalue weighted by atomic mass is 32.1. The lowest BCUT2D eigenvalue weighted by Gasteiger charge is -2.02. The van der Waals surface area contributed by atoms with E-state index in [4.69, 9.17) is 5.73 Å². The molecule has 1 saturated carbocycles. The molecule has 2 heterocycles. The van der Waals surface area contributed by atoms with Crippen molar-refractivity contribution >= 4 is 27.9 Å². The molecule has 0 bridgehead atoms. The summed E-state index contributed by atoms with van der Waals surface area (Å²) in [4.78, 5) is 16.6. The molecule has 0 saturated heterocycles. The third-order valence-electron chi connectivity index (χ3n) is 3.55. The number of carbonyl (C=O) groups is 1. The van der Waals surface area contributed by atoms with Crippen molar-refractivity contribution in [1.29, 1.82) is 0 Å². The molecule has 1 aliphatic rings. The van der Waals surface area contributed by atoms with Crippen LogP contribution in [0.25, 0.3) is 0 Å². The average molecular weight is 291 g/mol. The highest BCUT2D eigenvalue weighted by molar-refractivity contribution is 7.16. The number of nitrogens with zero attached hydrogens (tertiary/aromatic N) is 3. The van der Waals surface area contributed by atoms with Gasteiger partial charge in [-0.25, -0.2) is 4.98 Å². The number of nitrogen functional groups attached to an aromatic ring is 1. The molecule has 7 heteroatoms. The first-order valence-electron chi connectivity index (χ1n) is 6.69.